The molecule has 13 heavy (non-hydrogen) atoms. The molecule has 3 N–H and O–H groups in total. The third-order valence-corrected chi connectivity index (χ3v) is 1.80. The van der Waals surface area contributed by atoms with E-state index in [2.05, 4.69) is 5.10 Å². The maximum absolute atomic E-state index is 10.4. The number of carboxylic acids is 1. The van der Waals surface area contributed by atoms with Crippen LogP contribution in [0.5, 0.6) is 0 Å². The lowest BCUT2D eigenvalue weighted by molar-refractivity contribution is -0.137. The van der Waals surface area contributed by atoms with E-state index in [1.165, 1.54) is 0 Å². The summed E-state index contributed by atoms with van der Waals surface area (Å²) in [6, 6.07) is -0.460. The second kappa shape index (κ2) is 4.04. The molecule has 5 heteroatoms. The van der Waals surface area contributed by atoms with Crippen LogP contribution in [0.4, 0.5) is 0 Å². The maximum atomic E-state index is 10.4. The molecule has 0 bridgehead atoms. The summed E-state index contributed by atoms with van der Waals surface area (Å²) in [5.41, 5.74) is 6.40. The first kappa shape index (κ1) is 9.73. The summed E-state index contributed by atoms with van der Waals surface area (Å²) < 4.78 is 1.72. The number of aromatic nitrogens is 2. The van der Waals surface area contributed by atoms with Gasteiger partial charge in [-0.1, -0.05) is 0 Å². The molecule has 5 nitrogen and oxygen atoms in total. The lowest BCUT2D eigenvalue weighted by atomic mass is 10.1. The molecule has 1 unspecified atom stereocenters. The number of carboxylic acid groups (broad SMARTS) is 1. The average molecular weight is 183 g/mol. The number of rotatable bonds is 4. The average Bonchev–Trinajstić information content (AvgIpc) is 2.50. The van der Waals surface area contributed by atoms with Gasteiger partial charge in [0.05, 0.1) is 12.6 Å². The van der Waals surface area contributed by atoms with Crippen LogP contribution in [0.2, 0.25) is 0 Å². The molecule has 0 saturated carbocycles. The molecule has 1 heterocycles. The molecule has 0 fully saturated rings. The summed E-state index contributed by atoms with van der Waals surface area (Å²) in [5, 5.41) is 12.5. The predicted octanol–water partition coefficient (Wildman–Crippen LogP) is 0.377. The van der Waals surface area contributed by atoms with Gasteiger partial charge in [-0.15, -0.1) is 0 Å². The van der Waals surface area contributed by atoms with Gasteiger partial charge in [-0.05, 0) is 6.92 Å². The molecule has 1 rings (SSSR count). The van der Waals surface area contributed by atoms with Gasteiger partial charge in [0.1, 0.15) is 0 Å². The topological polar surface area (TPSA) is 81.1 Å². The normalized spacial score (nSPS) is 12.8. The minimum absolute atomic E-state index is 0.0601. The molecule has 1 aromatic rings. The van der Waals surface area contributed by atoms with E-state index in [4.69, 9.17) is 10.8 Å². The third-order valence-electron chi connectivity index (χ3n) is 1.80. The lowest BCUT2D eigenvalue weighted by Gasteiger charge is -2.04. The van der Waals surface area contributed by atoms with E-state index < -0.39 is 12.0 Å². The Morgan fingerprint density at radius 3 is 3.00 bits per heavy atom. The Hall–Kier alpha value is -1.36. The first-order chi connectivity index (χ1) is 6.13. The van der Waals surface area contributed by atoms with E-state index in [1.807, 2.05) is 6.92 Å². The van der Waals surface area contributed by atoms with Crippen LogP contribution >= 0.6 is 0 Å². The fourth-order valence-corrected chi connectivity index (χ4v) is 1.05. The first-order valence-corrected chi connectivity index (χ1v) is 4.13. The number of nitrogens with two attached hydrogens (primary N) is 1. The Morgan fingerprint density at radius 1 is 1.85 bits per heavy atom. The Morgan fingerprint density at radius 2 is 2.54 bits per heavy atom. The SMILES string of the molecule is CCn1cc(C(N)CC(=O)O)cn1. The van der Waals surface area contributed by atoms with Gasteiger partial charge in [0, 0.05) is 24.3 Å². The lowest BCUT2D eigenvalue weighted by Crippen LogP contribution is -2.14. The van der Waals surface area contributed by atoms with Crippen LogP contribution in [0.1, 0.15) is 24.9 Å². The van der Waals surface area contributed by atoms with Gasteiger partial charge in [0.2, 0.25) is 0 Å². The van der Waals surface area contributed by atoms with Crippen molar-refractivity contribution < 1.29 is 9.90 Å². The highest BCUT2D eigenvalue weighted by molar-refractivity contribution is 5.67. The molecule has 72 valence electrons. The van der Waals surface area contributed by atoms with Crippen LogP contribution in [0, 0.1) is 0 Å². The van der Waals surface area contributed by atoms with Gasteiger partial charge in [-0.25, -0.2) is 0 Å². The van der Waals surface area contributed by atoms with E-state index in [-0.39, 0.29) is 6.42 Å². The largest absolute Gasteiger partial charge is 0.481 e. The van der Waals surface area contributed by atoms with Crippen molar-refractivity contribution in [2.24, 2.45) is 5.73 Å². The molecular formula is C8H13N3O2. The molecule has 0 aliphatic rings. The number of hydrogen-bond acceptors (Lipinski definition) is 3. The zero-order valence-electron chi connectivity index (χ0n) is 7.47. The van der Waals surface area contributed by atoms with Gasteiger partial charge < -0.3 is 10.8 Å². The monoisotopic (exact) mass is 183 g/mol. The smallest absolute Gasteiger partial charge is 0.305 e. The van der Waals surface area contributed by atoms with Crippen molar-refractivity contribution in [1.82, 2.24) is 9.78 Å². The number of carbonyl (C=O) groups is 1. The Labute approximate surface area is 76.2 Å². The molecule has 0 aliphatic heterocycles. The minimum atomic E-state index is -0.892. The van der Waals surface area contributed by atoms with E-state index in [0.29, 0.717) is 0 Å². The quantitative estimate of drug-likeness (QED) is 0.707. The summed E-state index contributed by atoms with van der Waals surface area (Å²) in [4.78, 5) is 10.4. The van der Waals surface area contributed by atoms with E-state index in [9.17, 15) is 4.79 Å². The second-order valence-electron chi connectivity index (χ2n) is 2.83. The van der Waals surface area contributed by atoms with Crippen LogP contribution in [0.3, 0.4) is 0 Å². The number of aliphatic carboxylic acids is 1. The van der Waals surface area contributed by atoms with Crippen LogP contribution in [-0.2, 0) is 11.3 Å². The molecule has 0 saturated heterocycles. The van der Waals surface area contributed by atoms with Crippen molar-refractivity contribution in [2.75, 3.05) is 0 Å². The van der Waals surface area contributed by atoms with Crippen molar-refractivity contribution in [2.45, 2.75) is 25.9 Å². The van der Waals surface area contributed by atoms with Gasteiger partial charge in [-0.3, -0.25) is 9.48 Å². The summed E-state index contributed by atoms with van der Waals surface area (Å²) >= 11 is 0. The number of nitrogens with zero attached hydrogens (tertiary/aromatic N) is 2. The number of aryl methyl sites for hydroxylation is 1. The predicted molar refractivity (Wildman–Crippen MR) is 47.1 cm³/mol. The molecule has 0 amide bonds. The van der Waals surface area contributed by atoms with Gasteiger partial charge >= 0.3 is 5.97 Å². The minimum Gasteiger partial charge on any atom is -0.481 e. The summed E-state index contributed by atoms with van der Waals surface area (Å²) in [6.07, 6.45) is 3.32. The Bertz CT molecular complexity index is 295. The van der Waals surface area contributed by atoms with Gasteiger partial charge in [-0.2, -0.15) is 5.10 Å². The second-order valence-corrected chi connectivity index (χ2v) is 2.83. The zero-order chi connectivity index (χ0) is 9.84. The summed E-state index contributed by atoms with van der Waals surface area (Å²) in [5.74, 6) is -0.892. The fraction of sp³-hybridized carbons (Fsp3) is 0.500. The molecule has 0 radical (unpaired) electrons. The molecule has 1 aromatic heterocycles. The third kappa shape index (κ3) is 2.55. The van der Waals surface area contributed by atoms with Crippen LogP contribution < -0.4 is 5.73 Å². The van der Waals surface area contributed by atoms with Crippen molar-refractivity contribution in [3.05, 3.63) is 18.0 Å². The highest BCUT2D eigenvalue weighted by Crippen LogP contribution is 2.12. The fourth-order valence-electron chi connectivity index (χ4n) is 1.05. The van der Waals surface area contributed by atoms with Gasteiger partial charge in [0.15, 0.2) is 0 Å². The highest BCUT2D eigenvalue weighted by atomic mass is 16.4. The van der Waals surface area contributed by atoms with Crippen molar-refractivity contribution in [3.63, 3.8) is 0 Å². The summed E-state index contributed by atoms with van der Waals surface area (Å²) in [7, 11) is 0. The zero-order valence-corrected chi connectivity index (χ0v) is 7.47. The van der Waals surface area contributed by atoms with E-state index >= 15 is 0 Å². The Kier molecular flexibility index (Phi) is 3.02. The van der Waals surface area contributed by atoms with Crippen LogP contribution in [0.15, 0.2) is 12.4 Å². The first-order valence-electron chi connectivity index (χ1n) is 4.13. The molecule has 1 atom stereocenters. The summed E-state index contributed by atoms with van der Waals surface area (Å²) in [6.45, 7) is 2.72. The molecule has 0 aromatic carbocycles. The highest BCUT2D eigenvalue weighted by Gasteiger charge is 2.11. The molecule has 0 aliphatic carbocycles. The van der Waals surface area contributed by atoms with Gasteiger partial charge in [0.25, 0.3) is 0 Å². The molecular weight excluding hydrogens is 170 g/mol. The maximum Gasteiger partial charge on any atom is 0.305 e. The van der Waals surface area contributed by atoms with Crippen LogP contribution in [0.25, 0.3) is 0 Å². The van der Waals surface area contributed by atoms with E-state index in [0.717, 1.165) is 12.1 Å². The number of hydrogen-bond donors (Lipinski definition) is 2. The van der Waals surface area contributed by atoms with Crippen molar-refractivity contribution >= 4 is 5.97 Å². The van der Waals surface area contributed by atoms with Crippen molar-refractivity contribution in [3.8, 4) is 0 Å². The van der Waals surface area contributed by atoms with Crippen LogP contribution in [-0.4, -0.2) is 20.9 Å². The van der Waals surface area contributed by atoms with E-state index in [1.54, 1.807) is 17.1 Å². The molecule has 0 spiro atoms. The standard InChI is InChI=1S/C8H13N3O2/c1-2-11-5-6(4-10-11)7(9)3-8(12)13/h4-5,7H,2-3,9H2,1H3,(H,12,13). The Balaban J connectivity index is 2.65. The van der Waals surface area contributed by atoms with Crippen molar-refractivity contribution in [1.29, 1.82) is 0 Å².